The number of nitrogens with zero attached hydrogens (tertiary/aromatic N) is 2. The van der Waals surface area contributed by atoms with Gasteiger partial charge in [-0.2, -0.15) is 5.10 Å². The van der Waals surface area contributed by atoms with Gasteiger partial charge in [0.1, 0.15) is 0 Å². The molecule has 0 spiro atoms. The molecule has 0 saturated carbocycles. The van der Waals surface area contributed by atoms with Gasteiger partial charge in [0, 0.05) is 24.9 Å². The lowest BCUT2D eigenvalue weighted by Gasteiger charge is -2.13. The number of hydrogen-bond acceptors (Lipinski definition) is 2. The van der Waals surface area contributed by atoms with Crippen molar-refractivity contribution in [3.8, 4) is 0 Å². The summed E-state index contributed by atoms with van der Waals surface area (Å²) in [6, 6.07) is 1.88. The van der Waals surface area contributed by atoms with Crippen LogP contribution in [0.5, 0.6) is 0 Å². The van der Waals surface area contributed by atoms with E-state index in [1.165, 1.54) is 0 Å². The largest absolute Gasteiger partial charge is 0.393 e. The van der Waals surface area contributed by atoms with Gasteiger partial charge in [-0.05, 0) is 13.0 Å². The second-order valence-electron chi connectivity index (χ2n) is 2.95. The number of aliphatic hydroxyl groups is 1. The van der Waals surface area contributed by atoms with Gasteiger partial charge in [0.15, 0.2) is 0 Å². The number of aliphatic hydroxyl groups excluding tert-OH is 1. The van der Waals surface area contributed by atoms with Crippen LogP contribution in [0.2, 0.25) is 0 Å². The Bertz CT molecular complexity index is 194. The molecular formula is C8H14N2O. The third-order valence-electron chi connectivity index (χ3n) is 1.86. The lowest BCUT2D eigenvalue weighted by molar-refractivity contribution is 0.122. The Labute approximate surface area is 66.7 Å². The van der Waals surface area contributed by atoms with Gasteiger partial charge in [-0.15, -0.1) is 0 Å². The Morgan fingerprint density at radius 1 is 1.55 bits per heavy atom. The molecule has 1 heterocycles. The molecule has 1 aromatic heterocycles. The highest BCUT2D eigenvalue weighted by molar-refractivity contribution is 4.78. The average molecular weight is 154 g/mol. The zero-order valence-electron chi connectivity index (χ0n) is 6.94. The third kappa shape index (κ3) is 2.35. The number of rotatable bonds is 3. The van der Waals surface area contributed by atoms with Crippen molar-refractivity contribution in [3.05, 3.63) is 18.5 Å². The van der Waals surface area contributed by atoms with Crippen LogP contribution < -0.4 is 0 Å². The average Bonchev–Trinajstić information content (AvgIpc) is 2.39. The van der Waals surface area contributed by atoms with Crippen LogP contribution in [0.4, 0.5) is 0 Å². The highest BCUT2D eigenvalue weighted by Gasteiger charge is 2.08. The van der Waals surface area contributed by atoms with E-state index in [2.05, 4.69) is 5.10 Å². The molecular weight excluding hydrogens is 140 g/mol. The van der Waals surface area contributed by atoms with Crippen molar-refractivity contribution >= 4 is 0 Å². The Hall–Kier alpha value is -0.830. The summed E-state index contributed by atoms with van der Waals surface area (Å²) in [4.78, 5) is 0. The molecule has 1 rings (SSSR count). The van der Waals surface area contributed by atoms with Crippen molar-refractivity contribution in [1.29, 1.82) is 0 Å². The van der Waals surface area contributed by atoms with Crippen LogP contribution >= 0.6 is 0 Å². The summed E-state index contributed by atoms with van der Waals surface area (Å²) in [5.41, 5.74) is 0. The van der Waals surface area contributed by atoms with Crippen molar-refractivity contribution in [2.24, 2.45) is 5.92 Å². The Kier molecular flexibility index (Phi) is 2.65. The van der Waals surface area contributed by atoms with Crippen LogP contribution in [0, 0.1) is 5.92 Å². The number of aromatic nitrogens is 2. The predicted molar refractivity (Wildman–Crippen MR) is 43.1 cm³/mol. The SMILES string of the molecule is CC(O)C(C)Cn1cccn1. The molecule has 0 bridgehead atoms. The van der Waals surface area contributed by atoms with Gasteiger partial charge in [0.25, 0.3) is 0 Å². The van der Waals surface area contributed by atoms with Gasteiger partial charge >= 0.3 is 0 Å². The molecule has 62 valence electrons. The van der Waals surface area contributed by atoms with Gasteiger partial charge in [0.05, 0.1) is 6.10 Å². The first kappa shape index (κ1) is 8.27. The molecule has 2 atom stereocenters. The summed E-state index contributed by atoms with van der Waals surface area (Å²) in [5.74, 6) is 0.259. The quantitative estimate of drug-likeness (QED) is 0.702. The molecule has 0 aromatic carbocycles. The van der Waals surface area contributed by atoms with Crippen LogP contribution in [-0.4, -0.2) is 21.0 Å². The molecule has 1 aromatic rings. The summed E-state index contributed by atoms with van der Waals surface area (Å²) < 4.78 is 1.83. The molecule has 11 heavy (non-hydrogen) atoms. The standard InChI is InChI=1S/C8H14N2O/c1-7(8(2)11)6-10-5-3-4-9-10/h3-5,7-8,11H,6H2,1-2H3. The first-order chi connectivity index (χ1) is 5.20. The Morgan fingerprint density at radius 3 is 2.73 bits per heavy atom. The predicted octanol–water partition coefficient (Wildman–Crippen LogP) is 0.900. The van der Waals surface area contributed by atoms with Crippen molar-refractivity contribution in [2.45, 2.75) is 26.5 Å². The van der Waals surface area contributed by atoms with Gasteiger partial charge in [-0.3, -0.25) is 4.68 Å². The van der Waals surface area contributed by atoms with E-state index in [0.717, 1.165) is 6.54 Å². The summed E-state index contributed by atoms with van der Waals surface area (Å²) in [6.45, 7) is 4.59. The van der Waals surface area contributed by atoms with Crippen LogP contribution in [-0.2, 0) is 6.54 Å². The van der Waals surface area contributed by atoms with E-state index in [1.807, 2.05) is 23.9 Å². The summed E-state index contributed by atoms with van der Waals surface area (Å²) in [6.07, 6.45) is 3.38. The zero-order chi connectivity index (χ0) is 8.27. The fourth-order valence-corrected chi connectivity index (χ4v) is 0.856. The van der Waals surface area contributed by atoms with E-state index in [-0.39, 0.29) is 12.0 Å². The molecule has 0 aliphatic rings. The fourth-order valence-electron chi connectivity index (χ4n) is 0.856. The maximum Gasteiger partial charge on any atom is 0.0555 e. The van der Waals surface area contributed by atoms with Crippen molar-refractivity contribution in [1.82, 2.24) is 9.78 Å². The van der Waals surface area contributed by atoms with E-state index in [1.54, 1.807) is 13.1 Å². The van der Waals surface area contributed by atoms with Crippen molar-refractivity contribution in [2.75, 3.05) is 0 Å². The highest BCUT2D eigenvalue weighted by atomic mass is 16.3. The molecule has 1 N–H and O–H groups in total. The summed E-state index contributed by atoms with van der Waals surface area (Å²) >= 11 is 0. The van der Waals surface area contributed by atoms with E-state index in [4.69, 9.17) is 0 Å². The first-order valence-electron chi connectivity index (χ1n) is 3.85. The second kappa shape index (κ2) is 3.53. The summed E-state index contributed by atoms with van der Waals surface area (Å²) in [5, 5.41) is 13.2. The van der Waals surface area contributed by atoms with Gasteiger partial charge in [-0.25, -0.2) is 0 Å². The lowest BCUT2D eigenvalue weighted by atomic mass is 10.1. The molecule has 0 saturated heterocycles. The fraction of sp³-hybridized carbons (Fsp3) is 0.625. The monoisotopic (exact) mass is 154 g/mol. The second-order valence-corrected chi connectivity index (χ2v) is 2.95. The molecule has 0 fully saturated rings. The van der Waals surface area contributed by atoms with Gasteiger partial charge < -0.3 is 5.11 Å². The minimum absolute atomic E-state index is 0.259. The maximum atomic E-state index is 9.18. The summed E-state index contributed by atoms with van der Waals surface area (Å²) in [7, 11) is 0. The Balaban J connectivity index is 2.43. The van der Waals surface area contributed by atoms with E-state index >= 15 is 0 Å². The number of hydrogen-bond donors (Lipinski definition) is 1. The van der Waals surface area contributed by atoms with Crippen LogP contribution in [0.25, 0.3) is 0 Å². The molecule has 0 aliphatic heterocycles. The van der Waals surface area contributed by atoms with Crippen LogP contribution in [0.1, 0.15) is 13.8 Å². The molecule has 0 aliphatic carbocycles. The molecule has 0 radical (unpaired) electrons. The van der Waals surface area contributed by atoms with Crippen molar-refractivity contribution in [3.63, 3.8) is 0 Å². The molecule has 3 nitrogen and oxygen atoms in total. The highest BCUT2D eigenvalue weighted by Crippen LogP contribution is 2.04. The normalized spacial score (nSPS) is 16.3. The Morgan fingerprint density at radius 2 is 2.27 bits per heavy atom. The van der Waals surface area contributed by atoms with E-state index in [9.17, 15) is 5.11 Å². The lowest BCUT2D eigenvalue weighted by Crippen LogP contribution is -2.19. The third-order valence-corrected chi connectivity index (χ3v) is 1.86. The smallest absolute Gasteiger partial charge is 0.0555 e. The van der Waals surface area contributed by atoms with Crippen LogP contribution in [0.15, 0.2) is 18.5 Å². The van der Waals surface area contributed by atoms with Crippen molar-refractivity contribution < 1.29 is 5.11 Å². The first-order valence-corrected chi connectivity index (χ1v) is 3.85. The van der Waals surface area contributed by atoms with E-state index in [0.29, 0.717) is 0 Å². The zero-order valence-corrected chi connectivity index (χ0v) is 6.94. The van der Waals surface area contributed by atoms with Crippen LogP contribution in [0.3, 0.4) is 0 Å². The topological polar surface area (TPSA) is 38.0 Å². The maximum absolute atomic E-state index is 9.18. The van der Waals surface area contributed by atoms with Gasteiger partial charge in [0.2, 0.25) is 0 Å². The minimum atomic E-state index is -0.265. The minimum Gasteiger partial charge on any atom is -0.393 e. The molecule has 2 unspecified atom stereocenters. The van der Waals surface area contributed by atoms with Gasteiger partial charge in [-0.1, -0.05) is 6.92 Å². The molecule has 0 amide bonds. The molecule has 3 heteroatoms. The van der Waals surface area contributed by atoms with E-state index < -0.39 is 0 Å².